The van der Waals surface area contributed by atoms with Crippen molar-refractivity contribution in [1.82, 2.24) is 0 Å². The van der Waals surface area contributed by atoms with Gasteiger partial charge < -0.3 is 0 Å². The van der Waals surface area contributed by atoms with Gasteiger partial charge in [0.15, 0.2) is 0 Å². The van der Waals surface area contributed by atoms with E-state index >= 15 is 0 Å². The second-order valence-corrected chi connectivity index (χ2v) is 47.1. The first-order chi connectivity index (χ1) is 11.4. The second-order valence-electron chi connectivity index (χ2n) is 5.65. The molecule has 2 unspecified atom stereocenters. The van der Waals surface area contributed by atoms with Crippen LogP contribution in [0.4, 0.5) is 0 Å². The number of rotatable bonds is 0. The largest absolute Gasteiger partial charge is 0.124 e. The van der Waals surface area contributed by atoms with Crippen LogP contribution in [0.3, 0.4) is 0 Å². The summed E-state index contributed by atoms with van der Waals surface area (Å²) in [5.41, 5.74) is 0. The first-order valence-electron chi connectivity index (χ1n) is 5.96. The molecule has 1 radical (unpaired) electrons. The van der Waals surface area contributed by atoms with Crippen LogP contribution in [0.25, 0.3) is 0 Å². The highest BCUT2D eigenvalue weighted by atomic mass is 127. The molecule has 0 bridgehead atoms. The van der Waals surface area contributed by atoms with Crippen molar-refractivity contribution in [3.63, 3.8) is 0 Å². The molecular weight excluding hydrogens is 2280 g/mol. The van der Waals surface area contributed by atoms with E-state index in [9.17, 15) is 0 Å². The summed E-state index contributed by atoms with van der Waals surface area (Å²) in [7, 11) is 0. The van der Waals surface area contributed by atoms with Crippen molar-refractivity contribution < 1.29 is 0 Å². The monoisotopic (exact) mass is 2280 g/mol. The molecule has 0 spiro atoms. The summed E-state index contributed by atoms with van der Waals surface area (Å²) in [5, 5.41) is 0. The van der Waals surface area contributed by atoms with Crippen LogP contribution in [0.5, 0.6) is 0 Å². The minimum absolute atomic E-state index is 0.00407. The Morgan fingerprint density at radius 3 is 1.04 bits per heavy atom. The zero-order valence-corrected chi connectivity index (χ0v) is 48.1. The van der Waals surface area contributed by atoms with Crippen molar-refractivity contribution in [3.05, 3.63) is 3.92 Å². The highest BCUT2D eigenvalue weighted by Crippen LogP contribution is 2.92. The first kappa shape index (κ1) is 35.6. The molecule has 0 amide bonds. The predicted molar refractivity (Wildman–Crippen MR) is 266 cm³/mol. The lowest BCUT2D eigenvalue weighted by Gasteiger charge is -2.77. The molecule has 2 aliphatic rings. The highest BCUT2D eigenvalue weighted by molar-refractivity contribution is 14.2. The molecule has 2 aliphatic carbocycles. The van der Waals surface area contributed by atoms with Crippen molar-refractivity contribution in [2.75, 3.05) is 0 Å². The van der Waals surface area contributed by atoms with E-state index in [2.05, 4.69) is 384 Å². The quantitative estimate of drug-likeness (QED) is 0.168. The van der Waals surface area contributed by atoms with Gasteiger partial charge in [-0.05, 0) is 0 Å². The maximum Gasteiger partial charge on any atom is 0.124 e. The van der Waals surface area contributed by atoms with E-state index in [4.69, 9.17) is 0 Å². The van der Waals surface area contributed by atoms with Crippen LogP contribution in [0.2, 0.25) is 0 Å². The third-order valence-corrected chi connectivity index (χ3v) is 63.6. The fraction of sp³-hybridized carbons (Fsp3) is 0.900. The molecule has 2 atom stereocenters. The van der Waals surface area contributed by atoms with Gasteiger partial charge in [0.25, 0.3) is 0 Å². The van der Waals surface area contributed by atoms with Crippen LogP contribution in [0.1, 0.15) is 0 Å². The zero-order chi connectivity index (χ0) is 22.1. The van der Waals surface area contributed by atoms with Gasteiger partial charge in [-0.2, -0.15) is 0 Å². The number of hydrogen-bond donors (Lipinski definition) is 0. The lowest BCUT2D eigenvalue weighted by molar-refractivity contribution is 0.355. The number of halogens is 17. The Morgan fingerprint density at radius 1 is 0.370 bits per heavy atom. The molecule has 0 nitrogen and oxygen atoms in total. The summed E-state index contributed by atoms with van der Waals surface area (Å²) in [6, 6.07) is 0. The third-order valence-electron chi connectivity index (χ3n) is 4.32. The molecule has 0 aromatic carbocycles. The summed E-state index contributed by atoms with van der Waals surface area (Å²) >= 11 is 47.3. The minimum Gasteiger partial charge on any atom is -0.0733 e. The summed E-state index contributed by atoms with van der Waals surface area (Å²) in [6.07, 6.45) is 0. The lowest BCUT2D eigenvalue weighted by atomic mass is 9.70. The third kappa shape index (κ3) is 4.58. The molecular formula is C10I17. The Kier molecular flexibility index (Phi) is 14.7. The van der Waals surface area contributed by atoms with Crippen LogP contribution in [0, 0.1) is 3.92 Å². The van der Waals surface area contributed by atoms with E-state index in [1.807, 2.05) is 0 Å². The van der Waals surface area contributed by atoms with Crippen molar-refractivity contribution in [1.29, 1.82) is 0 Å². The first-order valence-corrected chi connectivity index (χ1v) is 24.3. The van der Waals surface area contributed by atoms with Crippen molar-refractivity contribution >= 4 is 384 Å². The maximum atomic E-state index is 2.89. The van der Waals surface area contributed by atoms with E-state index in [0.717, 1.165) is 0 Å². The summed E-state index contributed by atoms with van der Waals surface area (Å²) in [4.78, 5) is 0. The molecule has 0 aliphatic heterocycles. The van der Waals surface area contributed by atoms with Gasteiger partial charge in [0, 0.05) is 0 Å². The van der Waals surface area contributed by atoms with Crippen molar-refractivity contribution in [2.45, 2.75) is 16.8 Å². The highest BCUT2D eigenvalue weighted by Gasteiger charge is 2.94. The van der Waals surface area contributed by atoms with Crippen molar-refractivity contribution in [3.8, 4) is 0 Å². The molecule has 2 rings (SSSR count). The Hall–Kier alpha value is 12.4. The van der Waals surface area contributed by atoms with E-state index in [1.54, 1.807) is 3.92 Å². The fourth-order valence-corrected chi connectivity index (χ4v) is 38.3. The number of alkyl halides is 16. The Balaban J connectivity index is 3.14. The summed E-state index contributed by atoms with van der Waals surface area (Å²) in [5.74, 6) is 0. The average molecular weight is 2280 g/mol. The Labute approximate surface area is 391 Å². The molecule has 2 saturated carbocycles. The van der Waals surface area contributed by atoms with Crippen LogP contribution < -0.4 is 0 Å². The van der Waals surface area contributed by atoms with Gasteiger partial charge in [-0.3, -0.25) is 0 Å². The normalized spacial score (nSPS) is 43.0. The van der Waals surface area contributed by atoms with Gasteiger partial charge in [0.1, 0.15) is 10.00 Å². The molecule has 159 valence electrons. The van der Waals surface area contributed by atoms with Crippen LogP contribution in [0.15, 0.2) is 0 Å². The van der Waals surface area contributed by atoms with Crippen LogP contribution in [-0.2, 0) is 0 Å². The number of hydrogen-bond acceptors (Lipinski definition) is 0. The minimum atomic E-state index is -0.0325. The topological polar surface area (TPSA) is 0 Å². The molecule has 2 fully saturated rings. The standard InChI is InChI=1S/C10I17/c11-1-2(12)4(15,7(20,21)6(18,19)3(1,13)14)8(22,23)10(26,27)9(24,25)5(2,16)17. The maximum absolute atomic E-state index is 2.89. The van der Waals surface area contributed by atoms with Crippen LogP contribution >= 0.6 is 384 Å². The molecule has 0 aromatic rings. The second kappa shape index (κ2) is 11.2. The van der Waals surface area contributed by atoms with Gasteiger partial charge in [0.2, 0.25) is 0 Å². The SMILES string of the molecule is I[C]1C(I)(I)C(I)(I)C(I)(I)C2(I)C(I)(I)C(I)(I)C(I)(I)C(I)(I)C12I. The van der Waals surface area contributed by atoms with Gasteiger partial charge >= 0.3 is 0 Å². The van der Waals surface area contributed by atoms with E-state index in [1.165, 1.54) is 0 Å². The zero-order valence-electron chi connectivity index (χ0n) is 11.4. The molecule has 17 heteroatoms. The van der Waals surface area contributed by atoms with E-state index < -0.39 is 0 Å². The van der Waals surface area contributed by atoms with Gasteiger partial charge in [-0.25, -0.2) is 0 Å². The van der Waals surface area contributed by atoms with Gasteiger partial charge in [-0.15, -0.1) is 0 Å². The average Bonchev–Trinajstić information content (AvgIpc) is 2.48. The molecule has 0 saturated heterocycles. The molecule has 0 heterocycles. The molecule has 27 heavy (non-hydrogen) atoms. The van der Waals surface area contributed by atoms with Crippen molar-refractivity contribution in [2.24, 2.45) is 0 Å². The number of fused-ring (bicyclic) bond motifs is 1. The lowest BCUT2D eigenvalue weighted by Crippen LogP contribution is -2.89. The summed E-state index contributed by atoms with van der Waals surface area (Å²) in [6.45, 7) is 0. The fourth-order valence-electron chi connectivity index (χ4n) is 2.73. The smallest absolute Gasteiger partial charge is 0.0733 e. The van der Waals surface area contributed by atoms with Gasteiger partial charge in [0.05, 0.1) is 10.8 Å². The molecule has 0 aromatic heterocycles. The predicted octanol–water partition coefficient (Wildman–Crippen LogP) is 13.3. The van der Waals surface area contributed by atoms with Crippen LogP contribution in [-0.4, -0.2) is 16.8 Å². The van der Waals surface area contributed by atoms with E-state index in [-0.39, 0.29) is 16.8 Å². The Bertz CT molecular complexity index is 653. The molecule has 0 N–H and O–H groups in total. The van der Waals surface area contributed by atoms with E-state index in [0.29, 0.717) is 0 Å². The summed E-state index contributed by atoms with van der Waals surface area (Å²) < 4.78 is 1.66. The Morgan fingerprint density at radius 2 is 0.667 bits per heavy atom. The van der Waals surface area contributed by atoms with Gasteiger partial charge in [-0.1, -0.05) is 384 Å².